The van der Waals surface area contributed by atoms with E-state index in [-0.39, 0.29) is 11.6 Å². The second-order valence-electron chi connectivity index (χ2n) is 8.35. The number of aryl methyl sites for hydroxylation is 1. The lowest BCUT2D eigenvalue weighted by Crippen LogP contribution is -2.46. The van der Waals surface area contributed by atoms with Gasteiger partial charge in [-0.3, -0.25) is 9.48 Å². The van der Waals surface area contributed by atoms with Gasteiger partial charge in [0.1, 0.15) is 17.3 Å². The number of piperidine rings is 1. The number of carbonyl (C=O) groups excluding carboxylic acids is 1. The maximum absolute atomic E-state index is 12.8. The van der Waals surface area contributed by atoms with E-state index >= 15 is 0 Å². The molecule has 3 aromatic rings. The molecule has 0 spiro atoms. The fourth-order valence-corrected chi connectivity index (χ4v) is 4.14. The molecule has 1 aliphatic carbocycles. The summed E-state index contributed by atoms with van der Waals surface area (Å²) in [5, 5.41) is 11.9. The summed E-state index contributed by atoms with van der Waals surface area (Å²) in [6, 6.07) is 4.86. The van der Waals surface area contributed by atoms with Crippen molar-refractivity contribution in [2.24, 2.45) is 7.05 Å². The minimum absolute atomic E-state index is 0.266. The quantitative estimate of drug-likeness (QED) is 0.630. The molecule has 2 aromatic heterocycles. The standard InChI is InChI=1S/C22H27N7O2/c1-28-12-14-8-18(20(31-2)9-17(14)27-28)26-22(30)19-10-24-21(11-23-19)29-7-3-4-16(13-29)25-15-5-6-15/h8-12,15-16,25H,3-7,13H2,1-2H3,(H,26,30). The number of rotatable bonds is 6. The smallest absolute Gasteiger partial charge is 0.275 e. The van der Waals surface area contributed by atoms with Crippen LogP contribution in [-0.2, 0) is 7.05 Å². The molecule has 5 rings (SSSR count). The van der Waals surface area contributed by atoms with Crippen molar-refractivity contribution in [1.29, 1.82) is 0 Å². The minimum atomic E-state index is -0.326. The zero-order chi connectivity index (χ0) is 21.4. The van der Waals surface area contributed by atoms with Crippen molar-refractivity contribution in [3.8, 4) is 5.75 Å². The second-order valence-corrected chi connectivity index (χ2v) is 8.35. The predicted octanol–water partition coefficient (Wildman–Crippen LogP) is 2.34. The number of ether oxygens (including phenoxy) is 1. The number of carbonyl (C=O) groups is 1. The van der Waals surface area contributed by atoms with Gasteiger partial charge in [0.05, 0.1) is 30.7 Å². The summed E-state index contributed by atoms with van der Waals surface area (Å²) in [7, 11) is 3.42. The first-order valence-electron chi connectivity index (χ1n) is 10.7. The Kier molecular flexibility index (Phi) is 5.19. The van der Waals surface area contributed by atoms with Gasteiger partial charge in [-0.2, -0.15) is 5.10 Å². The molecule has 1 atom stereocenters. The number of hydrogen-bond acceptors (Lipinski definition) is 7. The summed E-state index contributed by atoms with van der Waals surface area (Å²) in [6.07, 6.45) is 10.0. The van der Waals surface area contributed by atoms with E-state index in [2.05, 4.69) is 30.6 Å². The summed E-state index contributed by atoms with van der Waals surface area (Å²) < 4.78 is 7.15. The monoisotopic (exact) mass is 421 g/mol. The second kappa shape index (κ2) is 8.14. The summed E-state index contributed by atoms with van der Waals surface area (Å²) in [6.45, 7) is 1.89. The van der Waals surface area contributed by atoms with Crippen LogP contribution in [-0.4, -0.2) is 57.9 Å². The Labute approximate surface area is 180 Å². The highest BCUT2D eigenvalue weighted by Gasteiger charge is 2.28. The van der Waals surface area contributed by atoms with Crippen molar-refractivity contribution in [2.75, 3.05) is 30.4 Å². The summed E-state index contributed by atoms with van der Waals surface area (Å²) in [5.74, 6) is 1.03. The Hall–Kier alpha value is -3.20. The van der Waals surface area contributed by atoms with Crippen molar-refractivity contribution in [3.63, 3.8) is 0 Å². The molecule has 3 heterocycles. The summed E-state index contributed by atoms with van der Waals surface area (Å²) in [4.78, 5) is 23.9. The van der Waals surface area contributed by atoms with Crippen LogP contribution in [0.25, 0.3) is 10.9 Å². The average molecular weight is 422 g/mol. The van der Waals surface area contributed by atoms with Gasteiger partial charge in [-0.15, -0.1) is 0 Å². The lowest BCUT2D eigenvalue weighted by Gasteiger charge is -2.34. The molecule has 31 heavy (non-hydrogen) atoms. The Bertz CT molecular complexity index is 1090. The van der Waals surface area contributed by atoms with Gasteiger partial charge < -0.3 is 20.3 Å². The van der Waals surface area contributed by atoms with E-state index in [1.54, 1.807) is 18.0 Å². The predicted molar refractivity (Wildman–Crippen MR) is 119 cm³/mol. The molecule has 162 valence electrons. The fraction of sp³-hybridized carbons (Fsp3) is 0.455. The minimum Gasteiger partial charge on any atom is -0.494 e. The van der Waals surface area contributed by atoms with Crippen LogP contribution in [0.3, 0.4) is 0 Å². The molecule has 1 aromatic carbocycles. The van der Waals surface area contributed by atoms with Crippen LogP contribution in [0.5, 0.6) is 5.75 Å². The van der Waals surface area contributed by atoms with Gasteiger partial charge >= 0.3 is 0 Å². The molecule has 1 amide bonds. The maximum atomic E-state index is 12.8. The lowest BCUT2D eigenvalue weighted by atomic mass is 10.1. The Morgan fingerprint density at radius 2 is 2.03 bits per heavy atom. The molecule has 2 N–H and O–H groups in total. The molecular weight excluding hydrogens is 394 g/mol. The SMILES string of the molecule is COc1cc2nn(C)cc2cc1NC(=O)c1cnc(N2CCCC(NC3CC3)C2)cn1. The molecule has 9 nitrogen and oxygen atoms in total. The topological polar surface area (TPSA) is 97.2 Å². The van der Waals surface area contributed by atoms with Gasteiger partial charge in [-0.25, -0.2) is 9.97 Å². The van der Waals surface area contributed by atoms with Gasteiger partial charge in [-0.1, -0.05) is 0 Å². The number of amides is 1. The van der Waals surface area contributed by atoms with Crippen LogP contribution in [0, 0.1) is 0 Å². The molecule has 2 aliphatic rings. The third kappa shape index (κ3) is 4.32. The molecule has 1 saturated carbocycles. The number of aromatic nitrogens is 4. The van der Waals surface area contributed by atoms with E-state index in [1.807, 2.05) is 25.4 Å². The first-order chi connectivity index (χ1) is 15.1. The normalized spacial score (nSPS) is 18.9. The van der Waals surface area contributed by atoms with Crippen LogP contribution < -0.4 is 20.3 Å². The maximum Gasteiger partial charge on any atom is 0.275 e. The van der Waals surface area contributed by atoms with E-state index in [1.165, 1.54) is 25.5 Å². The zero-order valence-corrected chi connectivity index (χ0v) is 17.8. The summed E-state index contributed by atoms with van der Waals surface area (Å²) in [5.41, 5.74) is 1.64. The third-order valence-corrected chi connectivity index (χ3v) is 5.85. The van der Waals surface area contributed by atoms with Gasteiger partial charge in [0, 0.05) is 49.9 Å². The third-order valence-electron chi connectivity index (χ3n) is 5.85. The first-order valence-corrected chi connectivity index (χ1v) is 10.7. The fourth-order valence-electron chi connectivity index (χ4n) is 4.14. The molecule has 1 saturated heterocycles. The van der Waals surface area contributed by atoms with Crippen molar-refractivity contribution in [1.82, 2.24) is 25.1 Å². The molecule has 0 radical (unpaired) electrons. The Morgan fingerprint density at radius 3 is 2.77 bits per heavy atom. The molecule has 0 bridgehead atoms. The van der Waals surface area contributed by atoms with E-state index in [9.17, 15) is 4.79 Å². The molecule has 9 heteroatoms. The Morgan fingerprint density at radius 1 is 1.16 bits per heavy atom. The van der Waals surface area contributed by atoms with Crippen LogP contribution >= 0.6 is 0 Å². The van der Waals surface area contributed by atoms with E-state index in [0.717, 1.165) is 36.2 Å². The van der Waals surface area contributed by atoms with Crippen LogP contribution in [0.2, 0.25) is 0 Å². The largest absolute Gasteiger partial charge is 0.494 e. The van der Waals surface area contributed by atoms with Crippen LogP contribution in [0.15, 0.2) is 30.7 Å². The average Bonchev–Trinajstić information content (AvgIpc) is 3.52. The van der Waals surface area contributed by atoms with Gasteiger partial charge in [0.15, 0.2) is 0 Å². The number of benzene rings is 1. The van der Waals surface area contributed by atoms with E-state index in [0.29, 0.717) is 23.5 Å². The first kappa shape index (κ1) is 19.7. The van der Waals surface area contributed by atoms with Crippen LogP contribution in [0.1, 0.15) is 36.2 Å². The van der Waals surface area contributed by atoms with Crippen molar-refractivity contribution in [3.05, 3.63) is 36.4 Å². The van der Waals surface area contributed by atoms with Crippen molar-refractivity contribution in [2.45, 2.75) is 37.8 Å². The van der Waals surface area contributed by atoms with Crippen molar-refractivity contribution < 1.29 is 9.53 Å². The number of hydrogen-bond donors (Lipinski definition) is 2. The number of methoxy groups -OCH3 is 1. The number of fused-ring (bicyclic) bond motifs is 1. The Balaban J connectivity index is 1.28. The zero-order valence-electron chi connectivity index (χ0n) is 17.8. The van der Waals surface area contributed by atoms with E-state index < -0.39 is 0 Å². The summed E-state index contributed by atoms with van der Waals surface area (Å²) >= 11 is 0. The molecular formula is C22H27N7O2. The van der Waals surface area contributed by atoms with E-state index in [4.69, 9.17) is 4.74 Å². The molecule has 1 aliphatic heterocycles. The highest BCUT2D eigenvalue weighted by molar-refractivity contribution is 6.04. The van der Waals surface area contributed by atoms with Crippen LogP contribution in [0.4, 0.5) is 11.5 Å². The van der Waals surface area contributed by atoms with Gasteiger partial charge in [-0.05, 0) is 31.7 Å². The molecule has 2 fully saturated rings. The van der Waals surface area contributed by atoms with Crippen molar-refractivity contribution >= 4 is 28.3 Å². The van der Waals surface area contributed by atoms with Gasteiger partial charge in [0.2, 0.25) is 0 Å². The number of anilines is 2. The lowest BCUT2D eigenvalue weighted by molar-refractivity contribution is 0.102. The number of nitrogens with zero attached hydrogens (tertiary/aromatic N) is 5. The highest BCUT2D eigenvalue weighted by atomic mass is 16.5. The highest BCUT2D eigenvalue weighted by Crippen LogP contribution is 2.30. The van der Waals surface area contributed by atoms with Gasteiger partial charge in [0.25, 0.3) is 5.91 Å². The number of nitrogens with one attached hydrogen (secondary N) is 2. The molecule has 1 unspecified atom stereocenters.